The maximum atomic E-state index is 11.6. The molecule has 0 N–H and O–H groups in total. The van der Waals surface area contributed by atoms with Crippen molar-refractivity contribution in [2.75, 3.05) is 6.61 Å². The van der Waals surface area contributed by atoms with Crippen LogP contribution in [0.1, 0.15) is 54.9 Å². The first-order chi connectivity index (χ1) is 10.9. The molecule has 0 heterocycles. The van der Waals surface area contributed by atoms with E-state index in [1.54, 1.807) is 6.08 Å². The largest absolute Gasteiger partial charge is 0.463 e. The van der Waals surface area contributed by atoms with Crippen molar-refractivity contribution in [3.63, 3.8) is 0 Å². The van der Waals surface area contributed by atoms with E-state index >= 15 is 0 Å². The molecule has 0 fully saturated rings. The summed E-state index contributed by atoms with van der Waals surface area (Å²) in [5.41, 5.74) is 1.03. The number of carbonyl (C=O) groups is 1. The molecule has 0 aliphatic carbocycles. The molecule has 0 amide bonds. The molecule has 0 aromatic carbocycles. The molecule has 0 aliphatic rings. The van der Waals surface area contributed by atoms with E-state index < -0.39 is 8.32 Å². The number of esters is 1. The van der Waals surface area contributed by atoms with E-state index in [9.17, 15) is 4.79 Å². The molecular weight excluding hydrogens is 316 g/mol. The summed E-state index contributed by atoms with van der Waals surface area (Å²) < 4.78 is 11.7. The lowest BCUT2D eigenvalue weighted by atomic mass is 9.89. The summed E-state index contributed by atoms with van der Waals surface area (Å²) in [5.74, 6) is 0.308. The van der Waals surface area contributed by atoms with Gasteiger partial charge in [-0.1, -0.05) is 46.3 Å². The number of ether oxygens (including phenoxy) is 1. The summed E-state index contributed by atoms with van der Waals surface area (Å²) in [7, 11) is -1.86. The molecular formula is C20H38O3Si. The highest BCUT2D eigenvalue weighted by molar-refractivity contribution is 6.74. The minimum Gasteiger partial charge on any atom is -0.463 e. The van der Waals surface area contributed by atoms with Gasteiger partial charge in [-0.25, -0.2) is 4.79 Å². The number of hydrogen-bond acceptors (Lipinski definition) is 3. The fourth-order valence-corrected chi connectivity index (χ4v) is 3.94. The number of rotatable bonds is 9. The standard InChI is InChI=1S/C20H38O3Si/c1-11-16(4)19(23-24(9,10)20(6,7)8)17(5)13-15(3)14-18(21)22-12-2/h11,14,16-17,19H,1,12-13H2,2-10H3/b15-14+/t16-,17+,19-/m1/s1. The fourth-order valence-electron chi connectivity index (χ4n) is 2.46. The molecule has 0 rings (SSSR count). The zero-order chi connectivity index (χ0) is 19.1. The first-order valence-electron chi connectivity index (χ1n) is 9.00. The summed E-state index contributed by atoms with van der Waals surface area (Å²) in [6.45, 7) is 23.8. The minimum atomic E-state index is -1.86. The van der Waals surface area contributed by atoms with E-state index in [2.05, 4.69) is 54.3 Å². The van der Waals surface area contributed by atoms with E-state index in [4.69, 9.17) is 9.16 Å². The molecule has 0 aromatic rings. The maximum Gasteiger partial charge on any atom is 0.330 e. The van der Waals surface area contributed by atoms with Gasteiger partial charge in [-0.3, -0.25) is 0 Å². The Balaban J connectivity index is 5.19. The molecule has 0 bridgehead atoms. The van der Waals surface area contributed by atoms with Gasteiger partial charge in [0.1, 0.15) is 0 Å². The van der Waals surface area contributed by atoms with Crippen molar-refractivity contribution in [1.29, 1.82) is 0 Å². The highest BCUT2D eigenvalue weighted by Gasteiger charge is 2.41. The lowest BCUT2D eigenvalue weighted by molar-refractivity contribution is -0.137. The second kappa shape index (κ2) is 9.57. The predicted octanol–water partition coefficient (Wildman–Crippen LogP) is 5.73. The lowest BCUT2D eigenvalue weighted by Crippen LogP contribution is -2.47. The summed E-state index contributed by atoms with van der Waals surface area (Å²) in [5, 5.41) is 0.168. The molecule has 4 heteroatoms. The lowest BCUT2D eigenvalue weighted by Gasteiger charge is -2.42. The van der Waals surface area contributed by atoms with Gasteiger partial charge >= 0.3 is 5.97 Å². The first-order valence-corrected chi connectivity index (χ1v) is 11.9. The third kappa shape index (κ3) is 7.35. The van der Waals surface area contributed by atoms with Gasteiger partial charge in [0, 0.05) is 6.08 Å². The highest BCUT2D eigenvalue weighted by Crippen LogP contribution is 2.39. The average Bonchev–Trinajstić information content (AvgIpc) is 2.42. The Hall–Kier alpha value is -0.873. The first kappa shape index (κ1) is 23.1. The molecule has 24 heavy (non-hydrogen) atoms. The highest BCUT2D eigenvalue weighted by atomic mass is 28.4. The Morgan fingerprint density at radius 2 is 1.79 bits per heavy atom. The van der Waals surface area contributed by atoms with Crippen LogP contribution < -0.4 is 0 Å². The van der Waals surface area contributed by atoms with Crippen molar-refractivity contribution in [2.24, 2.45) is 11.8 Å². The molecule has 0 saturated carbocycles. The Morgan fingerprint density at radius 3 is 2.21 bits per heavy atom. The smallest absolute Gasteiger partial charge is 0.330 e. The molecule has 0 unspecified atom stereocenters. The number of allylic oxidation sites excluding steroid dienone is 1. The van der Waals surface area contributed by atoms with Crippen molar-refractivity contribution < 1.29 is 14.0 Å². The van der Waals surface area contributed by atoms with Crippen LogP contribution in [0.25, 0.3) is 0 Å². The normalized spacial score (nSPS) is 17.1. The van der Waals surface area contributed by atoms with Crippen LogP contribution in [0.4, 0.5) is 0 Å². The monoisotopic (exact) mass is 354 g/mol. The fraction of sp³-hybridized carbons (Fsp3) is 0.750. The van der Waals surface area contributed by atoms with Gasteiger partial charge in [-0.2, -0.15) is 0 Å². The summed E-state index contributed by atoms with van der Waals surface area (Å²) in [4.78, 5) is 11.6. The molecule has 0 spiro atoms. The van der Waals surface area contributed by atoms with Crippen molar-refractivity contribution in [3.05, 3.63) is 24.3 Å². The van der Waals surface area contributed by atoms with Crippen LogP contribution in [0.2, 0.25) is 18.1 Å². The number of carbonyl (C=O) groups excluding carboxylic acids is 1. The summed E-state index contributed by atoms with van der Waals surface area (Å²) in [6, 6.07) is 0. The van der Waals surface area contributed by atoms with E-state index in [0.29, 0.717) is 12.5 Å². The van der Waals surface area contributed by atoms with Crippen molar-refractivity contribution >= 4 is 14.3 Å². The molecule has 3 nitrogen and oxygen atoms in total. The Bertz CT molecular complexity index is 446. The van der Waals surface area contributed by atoms with Gasteiger partial charge < -0.3 is 9.16 Å². The Morgan fingerprint density at radius 1 is 1.25 bits per heavy atom. The second-order valence-electron chi connectivity index (χ2n) is 8.36. The van der Waals surface area contributed by atoms with E-state index in [1.165, 1.54) is 0 Å². The molecule has 0 aromatic heterocycles. The van der Waals surface area contributed by atoms with Gasteiger partial charge in [0.05, 0.1) is 12.7 Å². The van der Waals surface area contributed by atoms with Crippen LogP contribution >= 0.6 is 0 Å². The molecule has 3 atom stereocenters. The van der Waals surface area contributed by atoms with Crippen LogP contribution in [0, 0.1) is 11.8 Å². The molecule has 0 radical (unpaired) electrons. The summed E-state index contributed by atoms with van der Waals surface area (Å²) in [6.07, 6.45) is 4.49. The third-order valence-corrected chi connectivity index (χ3v) is 9.46. The van der Waals surface area contributed by atoms with Crippen molar-refractivity contribution in [2.45, 2.75) is 79.1 Å². The second-order valence-corrected chi connectivity index (χ2v) is 13.1. The molecule has 140 valence electrons. The van der Waals surface area contributed by atoms with Crippen molar-refractivity contribution in [3.8, 4) is 0 Å². The predicted molar refractivity (Wildman–Crippen MR) is 106 cm³/mol. The maximum absolute atomic E-state index is 11.6. The Labute approximate surface area is 150 Å². The van der Waals surface area contributed by atoms with Gasteiger partial charge in [0.15, 0.2) is 8.32 Å². The minimum absolute atomic E-state index is 0.105. The number of hydrogen-bond donors (Lipinski definition) is 0. The van der Waals surface area contributed by atoms with Crippen LogP contribution in [0.3, 0.4) is 0 Å². The quantitative estimate of drug-likeness (QED) is 0.229. The van der Waals surface area contributed by atoms with Gasteiger partial charge in [0.25, 0.3) is 0 Å². The SMILES string of the molecule is C=C[C@@H](C)[C@@H](O[Si](C)(C)C(C)(C)C)[C@@H](C)C/C(C)=C/C(=O)OCC. The zero-order valence-electron chi connectivity index (χ0n) is 17.2. The van der Waals surface area contributed by atoms with Crippen LogP contribution in [0.15, 0.2) is 24.3 Å². The third-order valence-electron chi connectivity index (χ3n) is 4.98. The zero-order valence-corrected chi connectivity index (χ0v) is 18.2. The van der Waals surface area contributed by atoms with Crippen LogP contribution in [-0.2, 0) is 14.0 Å². The van der Waals surface area contributed by atoms with Crippen molar-refractivity contribution in [1.82, 2.24) is 0 Å². The van der Waals surface area contributed by atoms with Crippen LogP contribution in [-0.4, -0.2) is 27.0 Å². The molecule has 0 aliphatic heterocycles. The van der Waals surface area contributed by atoms with E-state index in [-0.39, 0.29) is 23.0 Å². The topological polar surface area (TPSA) is 35.5 Å². The van der Waals surface area contributed by atoms with Gasteiger partial charge in [-0.15, -0.1) is 6.58 Å². The summed E-state index contributed by atoms with van der Waals surface area (Å²) >= 11 is 0. The van der Waals surface area contributed by atoms with Gasteiger partial charge in [0.2, 0.25) is 0 Å². The van der Waals surface area contributed by atoms with E-state index in [1.807, 2.05) is 19.9 Å². The van der Waals surface area contributed by atoms with E-state index in [0.717, 1.165) is 12.0 Å². The van der Waals surface area contributed by atoms with Crippen LogP contribution in [0.5, 0.6) is 0 Å². The Kier molecular flexibility index (Phi) is 9.22. The van der Waals surface area contributed by atoms with Gasteiger partial charge in [-0.05, 0) is 50.2 Å². The molecule has 0 saturated heterocycles. The average molecular weight is 355 g/mol.